The molecule has 1 aromatic rings. The highest BCUT2D eigenvalue weighted by molar-refractivity contribution is 5.71. The van der Waals surface area contributed by atoms with Gasteiger partial charge in [-0.1, -0.05) is 6.07 Å². The summed E-state index contributed by atoms with van der Waals surface area (Å²) in [4.78, 5) is 4.23. The molecule has 0 atom stereocenters. The lowest BCUT2D eigenvalue weighted by atomic mass is 10.2. The van der Waals surface area contributed by atoms with Crippen LogP contribution in [0.2, 0.25) is 0 Å². The first-order chi connectivity index (χ1) is 5.77. The van der Waals surface area contributed by atoms with Gasteiger partial charge in [0.15, 0.2) is 0 Å². The number of aryl methyl sites for hydroxylation is 1. The van der Waals surface area contributed by atoms with Gasteiger partial charge in [0.05, 0.1) is 11.4 Å². The molecule has 2 nitrogen and oxygen atoms in total. The monoisotopic (exact) mass is 162 g/mol. The molecule has 1 rings (SSSR count). The van der Waals surface area contributed by atoms with Crippen molar-refractivity contribution in [1.82, 2.24) is 0 Å². The SMILES string of the molecule is C/C=N\c1ccc(C)cc1NC. The molecule has 0 fully saturated rings. The topological polar surface area (TPSA) is 24.4 Å². The first-order valence-corrected chi connectivity index (χ1v) is 4.05. The van der Waals surface area contributed by atoms with Crippen molar-refractivity contribution in [3.05, 3.63) is 23.8 Å². The largest absolute Gasteiger partial charge is 0.386 e. The summed E-state index contributed by atoms with van der Waals surface area (Å²) < 4.78 is 0. The molecule has 0 amide bonds. The smallest absolute Gasteiger partial charge is 0.0856 e. The maximum atomic E-state index is 4.23. The zero-order chi connectivity index (χ0) is 8.97. The first kappa shape index (κ1) is 8.78. The van der Waals surface area contributed by atoms with Crippen LogP contribution in [0.1, 0.15) is 12.5 Å². The van der Waals surface area contributed by atoms with Crippen molar-refractivity contribution in [2.24, 2.45) is 4.99 Å². The van der Waals surface area contributed by atoms with E-state index < -0.39 is 0 Å². The van der Waals surface area contributed by atoms with Crippen molar-refractivity contribution in [1.29, 1.82) is 0 Å². The van der Waals surface area contributed by atoms with Crippen LogP contribution in [0, 0.1) is 6.92 Å². The molecule has 1 N–H and O–H groups in total. The fourth-order valence-electron chi connectivity index (χ4n) is 1.10. The van der Waals surface area contributed by atoms with E-state index in [4.69, 9.17) is 0 Å². The second-order valence-corrected chi connectivity index (χ2v) is 2.66. The van der Waals surface area contributed by atoms with E-state index in [1.807, 2.05) is 20.0 Å². The number of hydrogen-bond donors (Lipinski definition) is 1. The first-order valence-electron chi connectivity index (χ1n) is 4.05. The summed E-state index contributed by atoms with van der Waals surface area (Å²) in [6, 6.07) is 6.16. The van der Waals surface area contributed by atoms with Crippen LogP contribution in [-0.4, -0.2) is 13.3 Å². The highest BCUT2D eigenvalue weighted by Crippen LogP contribution is 2.24. The molecule has 0 heterocycles. The highest BCUT2D eigenvalue weighted by atomic mass is 14.9. The Labute approximate surface area is 73.3 Å². The summed E-state index contributed by atoms with van der Waals surface area (Å²) in [5, 5.41) is 3.11. The van der Waals surface area contributed by atoms with Crippen LogP contribution in [-0.2, 0) is 0 Å². The molecule has 0 aromatic heterocycles. The van der Waals surface area contributed by atoms with Crippen molar-refractivity contribution in [2.75, 3.05) is 12.4 Å². The predicted molar refractivity (Wildman–Crippen MR) is 54.6 cm³/mol. The lowest BCUT2D eigenvalue weighted by molar-refractivity contribution is 1.40. The van der Waals surface area contributed by atoms with Crippen molar-refractivity contribution in [2.45, 2.75) is 13.8 Å². The molecule has 64 valence electrons. The Kier molecular flexibility index (Phi) is 2.86. The van der Waals surface area contributed by atoms with Crippen molar-refractivity contribution in [3.8, 4) is 0 Å². The molecule has 0 bridgehead atoms. The van der Waals surface area contributed by atoms with Crippen LogP contribution in [0.3, 0.4) is 0 Å². The van der Waals surface area contributed by atoms with E-state index in [1.165, 1.54) is 5.56 Å². The molecule has 0 saturated heterocycles. The van der Waals surface area contributed by atoms with E-state index in [9.17, 15) is 0 Å². The van der Waals surface area contributed by atoms with Crippen LogP contribution in [0.15, 0.2) is 23.2 Å². The van der Waals surface area contributed by atoms with Crippen molar-refractivity contribution in [3.63, 3.8) is 0 Å². The van der Waals surface area contributed by atoms with Gasteiger partial charge >= 0.3 is 0 Å². The van der Waals surface area contributed by atoms with E-state index in [0.29, 0.717) is 0 Å². The molecule has 0 aliphatic heterocycles. The minimum Gasteiger partial charge on any atom is -0.386 e. The van der Waals surface area contributed by atoms with Crippen molar-refractivity contribution < 1.29 is 0 Å². The van der Waals surface area contributed by atoms with Gasteiger partial charge in [0.25, 0.3) is 0 Å². The lowest BCUT2D eigenvalue weighted by Gasteiger charge is -2.04. The second-order valence-electron chi connectivity index (χ2n) is 2.66. The number of nitrogens with one attached hydrogen (secondary N) is 1. The minimum absolute atomic E-state index is 0.991. The van der Waals surface area contributed by atoms with E-state index in [0.717, 1.165) is 11.4 Å². The molecule has 0 radical (unpaired) electrons. The highest BCUT2D eigenvalue weighted by Gasteiger charge is 1.96. The molecule has 2 heteroatoms. The number of rotatable bonds is 2. The number of benzene rings is 1. The van der Waals surface area contributed by atoms with Crippen LogP contribution in [0.4, 0.5) is 11.4 Å². The van der Waals surface area contributed by atoms with E-state index >= 15 is 0 Å². The zero-order valence-electron chi connectivity index (χ0n) is 7.76. The van der Waals surface area contributed by atoms with E-state index in [-0.39, 0.29) is 0 Å². The Hall–Kier alpha value is -1.31. The molecule has 1 aromatic carbocycles. The lowest BCUT2D eigenvalue weighted by Crippen LogP contribution is -1.88. The molecule has 0 unspecified atom stereocenters. The van der Waals surface area contributed by atoms with Crippen LogP contribution in [0.25, 0.3) is 0 Å². The summed E-state index contributed by atoms with van der Waals surface area (Å²) >= 11 is 0. The Bertz CT molecular complexity index is 290. The third-order valence-corrected chi connectivity index (χ3v) is 1.69. The average molecular weight is 162 g/mol. The Balaban J connectivity index is 3.10. The normalized spacial score (nSPS) is 10.6. The summed E-state index contributed by atoms with van der Waals surface area (Å²) in [6.45, 7) is 3.99. The van der Waals surface area contributed by atoms with Gasteiger partial charge in [-0.25, -0.2) is 0 Å². The Morgan fingerprint density at radius 1 is 1.42 bits per heavy atom. The molecule has 0 aliphatic rings. The van der Waals surface area contributed by atoms with Gasteiger partial charge in [0, 0.05) is 13.3 Å². The molecular formula is C10H14N2. The maximum Gasteiger partial charge on any atom is 0.0856 e. The average Bonchev–Trinajstić information content (AvgIpc) is 2.08. The van der Waals surface area contributed by atoms with Gasteiger partial charge in [-0.3, -0.25) is 4.99 Å². The predicted octanol–water partition coefficient (Wildman–Crippen LogP) is 2.76. The fraction of sp³-hybridized carbons (Fsp3) is 0.300. The second kappa shape index (κ2) is 3.90. The number of aliphatic imine (C=N–C) groups is 1. The van der Waals surface area contributed by atoms with Crippen LogP contribution in [0.5, 0.6) is 0 Å². The number of hydrogen-bond acceptors (Lipinski definition) is 2. The van der Waals surface area contributed by atoms with Gasteiger partial charge < -0.3 is 5.32 Å². The van der Waals surface area contributed by atoms with Gasteiger partial charge in [0.2, 0.25) is 0 Å². The summed E-state index contributed by atoms with van der Waals surface area (Å²) in [5.41, 5.74) is 3.31. The third-order valence-electron chi connectivity index (χ3n) is 1.69. The standard InChI is InChI=1S/C10H14N2/c1-4-12-9-6-5-8(2)7-10(9)11-3/h4-7,11H,1-3H3/b12-4-. The van der Waals surface area contributed by atoms with Gasteiger partial charge in [-0.15, -0.1) is 0 Å². The van der Waals surface area contributed by atoms with Gasteiger partial charge in [-0.2, -0.15) is 0 Å². The minimum atomic E-state index is 0.991. The molecule has 0 spiro atoms. The zero-order valence-corrected chi connectivity index (χ0v) is 7.76. The third kappa shape index (κ3) is 1.84. The van der Waals surface area contributed by atoms with Gasteiger partial charge in [0.1, 0.15) is 0 Å². The summed E-state index contributed by atoms with van der Waals surface area (Å²) in [5.74, 6) is 0. The Morgan fingerprint density at radius 2 is 2.17 bits per heavy atom. The maximum absolute atomic E-state index is 4.23. The molecular weight excluding hydrogens is 148 g/mol. The number of nitrogens with zero attached hydrogens (tertiary/aromatic N) is 1. The quantitative estimate of drug-likeness (QED) is 0.664. The number of anilines is 1. The van der Waals surface area contributed by atoms with E-state index in [1.54, 1.807) is 6.21 Å². The molecule has 0 saturated carbocycles. The van der Waals surface area contributed by atoms with Crippen LogP contribution >= 0.6 is 0 Å². The molecule has 12 heavy (non-hydrogen) atoms. The Morgan fingerprint density at radius 3 is 2.75 bits per heavy atom. The van der Waals surface area contributed by atoms with Crippen LogP contribution < -0.4 is 5.32 Å². The molecule has 0 aliphatic carbocycles. The summed E-state index contributed by atoms with van der Waals surface area (Å²) in [6.07, 6.45) is 1.80. The summed E-state index contributed by atoms with van der Waals surface area (Å²) in [7, 11) is 1.91. The van der Waals surface area contributed by atoms with Crippen molar-refractivity contribution >= 4 is 17.6 Å². The van der Waals surface area contributed by atoms with Gasteiger partial charge in [-0.05, 0) is 31.5 Å². The fourth-order valence-corrected chi connectivity index (χ4v) is 1.10. The van der Waals surface area contributed by atoms with E-state index in [2.05, 4.69) is 29.4 Å².